The van der Waals surface area contributed by atoms with Crippen LogP contribution in [0.4, 0.5) is 4.39 Å². The van der Waals surface area contributed by atoms with Gasteiger partial charge in [-0.3, -0.25) is 0 Å². The smallest absolute Gasteiger partial charge is 0.127 e. The van der Waals surface area contributed by atoms with Gasteiger partial charge in [0.15, 0.2) is 0 Å². The largest absolute Gasteiger partial charge is 0.390 e. The summed E-state index contributed by atoms with van der Waals surface area (Å²) in [6.07, 6.45) is 8.00. The van der Waals surface area contributed by atoms with Gasteiger partial charge < -0.3 is 5.11 Å². The Balaban J connectivity index is 1.63. The Morgan fingerprint density at radius 3 is 2.41 bits per heavy atom. The first-order valence-electron chi connectivity index (χ1n) is 9.68. The topological polar surface area (TPSA) is 20.2 Å². The van der Waals surface area contributed by atoms with Crippen molar-refractivity contribution in [2.45, 2.75) is 84.4 Å². The Bertz CT molecular complexity index is 451. The summed E-state index contributed by atoms with van der Waals surface area (Å²) in [6.45, 7) is 7.15. The van der Waals surface area contributed by atoms with Gasteiger partial charge in [0, 0.05) is 0 Å². The van der Waals surface area contributed by atoms with E-state index in [1.54, 1.807) is 0 Å². The van der Waals surface area contributed by atoms with Crippen LogP contribution in [0.25, 0.3) is 0 Å². The van der Waals surface area contributed by atoms with E-state index in [2.05, 4.69) is 20.8 Å². The number of aliphatic hydroxyl groups excluding tert-OH is 1. The summed E-state index contributed by atoms with van der Waals surface area (Å²) in [7, 11) is 0. The lowest BCUT2D eigenvalue weighted by Gasteiger charge is -2.60. The molecule has 0 bridgehead atoms. The second kappa shape index (κ2) is 4.94. The normalized spacial score (nSPS) is 61.2. The van der Waals surface area contributed by atoms with Crippen LogP contribution < -0.4 is 0 Å². The molecule has 0 saturated heterocycles. The van der Waals surface area contributed by atoms with Crippen LogP contribution in [-0.4, -0.2) is 17.4 Å². The van der Waals surface area contributed by atoms with Crippen molar-refractivity contribution >= 4 is 0 Å². The van der Waals surface area contributed by atoms with Crippen molar-refractivity contribution in [3.63, 3.8) is 0 Å². The monoisotopic (exact) mass is 308 g/mol. The maximum atomic E-state index is 14.3. The third-order valence-electron chi connectivity index (χ3n) is 8.86. The molecule has 4 saturated carbocycles. The fraction of sp³-hybridized carbons (Fsp3) is 1.00. The molecule has 1 nitrogen and oxygen atoms in total. The number of hydrogen-bond acceptors (Lipinski definition) is 1. The summed E-state index contributed by atoms with van der Waals surface area (Å²) in [4.78, 5) is 0. The number of alkyl halides is 1. The van der Waals surface area contributed by atoms with Crippen LogP contribution in [0.3, 0.4) is 0 Å². The Kier molecular flexibility index (Phi) is 3.46. The highest BCUT2D eigenvalue weighted by Crippen LogP contribution is 2.66. The first kappa shape index (κ1) is 15.4. The molecule has 4 unspecified atom stereocenters. The molecule has 0 heterocycles. The molecule has 4 aliphatic carbocycles. The minimum Gasteiger partial charge on any atom is -0.390 e. The van der Waals surface area contributed by atoms with Crippen LogP contribution in [0.1, 0.15) is 72.1 Å². The Morgan fingerprint density at radius 1 is 0.909 bits per heavy atom. The maximum Gasteiger partial charge on any atom is 0.127 e. The van der Waals surface area contributed by atoms with Gasteiger partial charge in [0.05, 0.1) is 6.10 Å². The predicted molar refractivity (Wildman–Crippen MR) is 87.2 cm³/mol. The molecule has 0 aromatic carbocycles. The Labute approximate surface area is 135 Å². The second-order valence-corrected chi connectivity index (χ2v) is 9.78. The fourth-order valence-electron chi connectivity index (χ4n) is 7.42. The molecule has 126 valence electrons. The van der Waals surface area contributed by atoms with Gasteiger partial charge in [0.2, 0.25) is 0 Å². The van der Waals surface area contributed by atoms with Crippen molar-refractivity contribution in [2.24, 2.45) is 40.4 Å². The maximum absolute atomic E-state index is 14.3. The molecular formula is C20H33FO. The van der Waals surface area contributed by atoms with Crippen LogP contribution in [0.15, 0.2) is 0 Å². The summed E-state index contributed by atoms with van der Waals surface area (Å²) in [5.41, 5.74) is 0.349. The summed E-state index contributed by atoms with van der Waals surface area (Å²) < 4.78 is 14.3. The van der Waals surface area contributed by atoms with Crippen molar-refractivity contribution in [2.75, 3.05) is 0 Å². The third-order valence-corrected chi connectivity index (χ3v) is 8.86. The molecule has 2 heteroatoms. The van der Waals surface area contributed by atoms with Crippen LogP contribution in [0, 0.1) is 40.4 Å². The van der Waals surface area contributed by atoms with Gasteiger partial charge in [-0.25, -0.2) is 4.39 Å². The predicted octanol–water partition coefficient (Wildman–Crippen LogP) is 4.97. The molecule has 4 fully saturated rings. The number of rotatable bonds is 0. The van der Waals surface area contributed by atoms with Gasteiger partial charge in [-0.1, -0.05) is 27.2 Å². The van der Waals surface area contributed by atoms with E-state index < -0.39 is 12.3 Å². The van der Waals surface area contributed by atoms with Gasteiger partial charge in [-0.2, -0.15) is 0 Å². The van der Waals surface area contributed by atoms with Crippen LogP contribution in [0.5, 0.6) is 0 Å². The molecule has 0 aliphatic heterocycles. The highest BCUT2D eigenvalue weighted by atomic mass is 19.1. The summed E-state index contributed by atoms with van der Waals surface area (Å²) in [5.74, 6) is 3.67. The zero-order valence-corrected chi connectivity index (χ0v) is 14.5. The Morgan fingerprint density at radius 2 is 1.64 bits per heavy atom. The number of halogens is 1. The lowest BCUT2D eigenvalue weighted by molar-refractivity contribution is -0.127. The lowest BCUT2D eigenvalue weighted by Crippen LogP contribution is -2.53. The average Bonchev–Trinajstić information content (AvgIpc) is 2.72. The zero-order valence-electron chi connectivity index (χ0n) is 14.5. The third kappa shape index (κ3) is 1.91. The molecular weight excluding hydrogens is 275 g/mol. The molecule has 1 N–H and O–H groups in total. The molecule has 0 aromatic heterocycles. The molecule has 0 radical (unpaired) electrons. The summed E-state index contributed by atoms with van der Waals surface area (Å²) in [6, 6.07) is 0. The highest BCUT2D eigenvalue weighted by molar-refractivity contribution is 5.11. The quantitative estimate of drug-likeness (QED) is 0.669. The van der Waals surface area contributed by atoms with E-state index in [9.17, 15) is 9.50 Å². The zero-order chi connectivity index (χ0) is 15.7. The molecule has 4 aliphatic rings. The first-order valence-corrected chi connectivity index (χ1v) is 9.68. The van der Waals surface area contributed by atoms with Crippen LogP contribution >= 0.6 is 0 Å². The number of fused-ring (bicyclic) bond motifs is 5. The summed E-state index contributed by atoms with van der Waals surface area (Å²) >= 11 is 0. The van der Waals surface area contributed by atoms with E-state index in [-0.39, 0.29) is 5.41 Å². The van der Waals surface area contributed by atoms with Crippen LogP contribution in [-0.2, 0) is 0 Å². The van der Waals surface area contributed by atoms with Gasteiger partial charge in [0.1, 0.15) is 6.17 Å². The van der Waals surface area contributed by atoms with E-state index in [0.29, 0.717) is 23.7 Å². The average molecular weight is 308 g/mol. The van der Waals surface area contributed by atoms with Gasteiger partial charge in [-0.15, -0.1) is 0 Å². The Hall–Kier alpha value is -0.110. The number of hydrogen-bond donors (Lipinski definition) is 1. The lowest BCUT2D eigenvalue weighted by atomic mass is 9.44. The molecule has 9 atom stereocenters. The van der Waals surface area contributed by atoms with Crippen LogP contribution in [0.2, 0.25) is 0 Å². The molecule has 4 rings (SSSR count). The second-order valence-electron chi connectivity index (χ2n) is 9.78. The minimum atomic E-state index is -0.981. The number of aliphatic hydroxyl groups is 1. The molecule has 0 spiro atoms. The van der Waals surface area contributed by atoms with Crippen molar-refractivity contribution in [3.8, 4) is 0 Å². The van der Waals surface area contributed by atoms with Crippen molar-refractivity contribution in [1.82, 2.24) is 0 Å². The molecule has 22 heavy (non-hydrogen) atoms. The van der Waals surface area contributed by atoms with Gasteiger partial charge in [0.25, 0.3) is 0 Å². The van der Waals surface area contributed by atoms with E-state index in [0.717, 1.165) is 24.2 Å². The van der Waals surface area contributed by atoms with E-state index in [4.69, 9.17) is 0 Å². The van der Waals surface area contributed by atoms with Crippen molar-refractivity contribution in [3.05, 3.63) is 0 Å². The first-order chi connectivity index (χ1) is 10.4. The van der Waals surface area contributed by atoms with E-state index >= 15 is 0 Å². The fourth-order valence-corrected chi connectivity index (χ4v) is 7.42. The van der Waals surface area contributed by atoms with Gasteiger partial charge >= 0.3 is 0 Å². The van der Waals surface area contributed by atoms with E-state index in [1.807, 2.05) is 0 Å². The molecule has 0 amide bonds. The van der Waals surface area contributed by atoms with Crippen molar-refractivity contribution in [1.29, 1.82) is 0 Å². The van der Waals surface area contributed by atoms with Crippen molar-refractivity contribution < 1.29 is 9.50 Å². The minimum absolute atomic E-state index is 0.147. The standard InChI is InChI=1S/C20H33FO/c1-12-6-8-19(2)13(10-12)4-5-14-15(19)7-9-20(3)16(14)11-17(21)18(20)22/h12-18,22H,4-11H2,1-3H3/t12?,13?,14-,15-,16+,17?,18?,19+,20+/m1/s1. The highest BCUT2D eigenvalue weighted by Gasteiger charge is 2.62. The van der Waals surface area contributed by atoms with Gasteiger partial charge in [-0.05, 0) is 85.4 Å². The van der Waals surface area contributed by atoms with E-state index in [1.165, 1.54) is 38.5 Å². The summed E-state index contributed by atoms with van der Waals surface area (Å²) in [5, 5.41) is 10.4. The molecule has 0 aromatic rings. The SMILES string of the molecule is CC1CC[C@@]2(C)C(CC[C@@H]3[C@H]2CC[C@]2(C)C(O)C(F)C[C@@H]32)C1.